The van der Waals surface area contributed by atoms with Gasteiger partial charge in [0, 0.05) is 37.2 Å². The van der Waals surface area contributed by atoms with E-state index in [1.165, 1.54) is 12.1 Å². The lowest BCUT2D eigenvalue weighted by Gasteiger charge is -2.20. The Kier molecular flexibility index (Phi) is 5.89. The summed E-state index contributed by atoms with van der Waals surface area (Å²) in [5.41, 5.74) is 7.57. The third-order valence-corrected chi connectivity index (χ3v) is 6.69. The predicted molar refractivity (Wildman–Crippen MR) is 125 cm³/mol. The molecular formula is C24H25F3N6O4. The molecule has 196 valence electrons. The Labute approximate surface area is 209 Å². The van der Waals surface area contributed by atoms with Crippen LogP contribution in [0.25, 0.3) is 0 Å². The number of carbonyl (C=O) groups excluding carboxylic acids is 3. The molecule has 1 aromatic heterocycles. The molecule has 2 amide bonds. The molecule has 0 saturated heterocycles. The van der Waals surface area contributed by atoms with Crippen LogP contribution in [-0.2, 0) is 17.8 Å². The minimum atomic E-state index is -4.87. The molecule has 1 fully saturated rings. The topological polar surface area (TPSA) is 117 Å². The number of rotatable bonds is 7. The summed E-state index contributed by atoms with van der Waals surface area (Å²) in [5.74, 6) is -2.56. The zero-order valence-electron chi connectivity index (χ0n) is 20.1. The molecule has 4 N–H and O–H groups in total. The number of fused-ring (bicyclic) bond motifs is 1. The highest BCUT2D eigenvalue weighted by Gasteiger charge is 2.50. The molecular weight excluding hydrogens is 493 g/mol. The van der Waals surface area contributed by atoms with Crippen molar-refractivity contribution in [3.63, 3.8) is 0 Å². The number of nitrogens with zero attached hydrogens (tertiary/aromatic N) is 2. The van der Waals surface area contributed by atoms with Crippen molar-refractivity contribution in [2.24, 2.45) is 0 Å². The van der Waals surface area contributed by atoms with Gasteiger partial charge >= 0.3 is 6.36 Å². The minimum absolute atomic E-state index is 0.0944. The predicted octanol–water partition coefficient (Wildman–Crippen LogP) is 2.52. The number of hydrogen-bond donors (Lipinski definition) is 4. The normalized spacial score (nSPS) is 17.8. The Hall–Kier alpha value is -4.00. The van der Waals surface area contributed by atoms with E-state index in [0.29, 0.717) is 43.5 Å². The van der Waals surface area contributed by atoms with Crippen LogP contribution in [0.3, 0.4) is 0 Å². The zero-order valence-corrected chi connectivity index (χ0v) is 20.1. The lowest BCUT2D eigenvalue weighted by molar-refractivity contribution is -0.274. The van der Waals surface area contributed by atoms with Gasteiger partial charge in [-0.15, -0.1) is 18.3 Å². The molecule has 1 saturated carbocycles. The molecule has 2 aliphatic heterocycles. The second kappa shape index (κ2) is 8.83. The number of hydrogen-bond acceptors (Lipinski definition) is 7. The first-order valence-electron chi connectivity index (χ1n) is 11.7. The van der Waals surface area contributed by atoms with Crippen molar-refractivity contribution < 1.29 is 32.3 Å². The fourth-order valence-corrected chi connectivity index (χ4v) is 4.90. The van der Waals surface area contributed by atoms with E-state index < -0.39 is 35.2 Å². The Morgan fingerprint density at radius 3 is 2.59 bits per heavy atom. The number of amides is 2. The SMILES string of the molecule is Cc1c(C(=O)C(=O)NC2(C3=CNN(C)N3)CC2)c2n(c1C(=O)Nc1cccc(OC(F)(F)F)c1)CCC2. The summed E-state index contributed by atoms with van der Waals surface area (Å²) < 4.78 is 43.3. The number of carbonyl (C=O) groups is 3. The van der Waals surface area contributed by atoms with E-state index in [9.17, 15) is 27.6 Å². The van der Waals surface area contributed by atoms with E-state index in [0.717, 1.165) is 17.8 Å². The molecule has 0 unspecified atom stereocenters. The molecule has 37 heavy (non-hydrogen) atoms. The molecule has 5 rings (SSSR count). The van der Waals surface area contributed by atoms with E-state index in [4.69, 9.17) is 0 Å². The fourth-order valence-electron chi connectivity index (χ4n) is 4.90. The molecule has 0 atom stereocenters. The second-order valence-corrected chi connectivity index (χ2v) is 9.30. The maximum absolute atomic E-state index is 13.3. The quantitative estimate of drug-likeness (QED) is 0.329. The number of hydrazine groups is 2. The highest BCUT2D eigenvalue weighted by atomic mass is 19.4. The first-order chi connectivity index (χ1) is 17.5. The number of aromatic nitrogens is 1. The fraction of sp³-hybridized carbons (Fsp3) is 0.375. The van der Waals surface area contributed by atoms with Crippen molar-refractivity contribution in [2.75, 3.05) is 12.4 Å². The number of ketones is 1. The van der Waals surface area contributed by atoms with Crippen LogP contribution in [0.1, 0.15) is 51.4 Å². The van der Waals surface area contributed by atoms with Crippen LogP contribution in [0.2, 0.25) is 0 Å². The largest absolute Gasteiger partial charge is 0.573 e. The van der Waals surface area contributed by atoms with E-state index in [1.807, 2.05) is 0 Å². The van der Waals surface area contributed by atoms with Gasteiger partial charge in [-0.05, 0) is 50.3 Å². The van der Waals surface area contributed by atoms with Crippen LogP contribution in [0.4, 0.5) is 18.9 Å². The third kappa shape index (κ3) is 4.73. The van der Waals surface area contributed by atoms with Gasteiger partial charge in [-0.2, -0.15) is 0 Å². The van der Waals surface area contributed by atoms with Gasteiger partial charge < -0.3 is 30.8 Å². The molecule has 3 aliphatic rings. The number of alkyl halides is 3. The van der Waals surface area contributed by atoms with Crippen LogP contribution in [0, 0.1) is 6.92 Å². The summed E-state index contributed by atoms with van der Waals surface area (Å²) in [6.45, 7) is 2.07. The summed E-state index contributed by atoms with van der Waals surface area (Å²) in [6, 6.07) is 4.93. The highest BCUT2D eigenvalue weighted by molar-refractivity contribution is 6.44. The van der Waals surface area contributed by atoms with Gasteiger partial charge in [-0.25, -0.2) is 0 Å². The molecule has 3 heterocycles. The van der Waals surface area contributed by atoms with Crippen molar-refractivity contribution in [1.29, 1.82) is 0 Å². The monoisotopic (exact) mass is 518 g/mol. The first kappa shape index (κ1) is 24.7. The van der Waals surface area contributed by atoms with Crippen LogP contribution >= 0.6 is 0 Å². The maximum atomic E-state index is 13.3. The molecule has 0 radical (unpaired) electrons. The van der Waals surface area contributed by atoms with Gasteiger partial charge in [0.2, 0.25) is 0 Å². The summed E-state index contributed by atoms with van der Waals surface area (Å²) in [4.78, 5) is 39.6. The standard InChI is InChI=1S/C24H25F3N6O4/c1-13-18(20(34)22(36)30-23(8-9-23)17-12-28-32(2)31-17)16-7-4-10-33(16)19(13)21(35)29-14-5-3-6-15(11-14)37-24(25,26)27/h3,5-6,11-12,28,31H,4,7-10H2,1-2H3,(H,29,35)(H,30,36). The summed E-state index contributed by atoms with van der Waals surface area (Å²) >= 11 is 0. The molecule has 10 nitrogen and oxygen atoms in total. The van der Waals surface area contributed by atoms with Gasteiger partial charge in [0.25, 0.3) is 17.6 Å². The van der Waals surface area contributed by atoms with Crippen LogP contribution in [-0.4, -0.2) is 46.2 Å². The van der Waals surface area contributed by atoms with Crippen molar-refractivity contribution >= 4 is 23.3 Å². The van der Waals surface area contributed by atoms with Crippen molar-refractivity contribution in [2.45, 2.75) is 51.1 Å². The second-order valence-electron chi connectivity index (χ2n) is 9.30. The van der Waals surface area contributed by atoms with Crippen molar-refractivity contribution in [3.8, 4) is 5.75 Å². The number of anilines is 1. The van der Waals surface area contributed by atoms with Gasteiger partial charge in [-0.1, -0.05) is 6.07 Å². The number of Topliss-reactive ketones (excluding diaryl/α,β-unsaturated/α-hetero) is 1. The van der Waals surface area contributed by atoms with E-state index in [1.54, 1.807) is 29.9 Å². The van der Waals surface area contributed by atoms with Crippen molar-refractivity contribution in [1.82, 2.24) is 25.9 Å². The third-order valence-electron chi connectivity index (χ3n) is 6.69. The van der Waals surface area contributed by atoms with Crippen molar-refractivity contribution in [3.05, 3.63) is 58.7 Å². The van der Waals surface area contributed by atoms with Gasteiger partial charge in [0.05, 0.1) is 16.8 Å². The van der Waals surface area contributed by atoms with Gasteiger partial charge in [-0.3, -0.25) is 14.4 Å². The van der Waals surface area contributed by atoms with E-state index in [-0.39, 0.29) is 16.9 Å². The number of nitrogens with one attached hydrogen (secondary N) is 4. The maximum Gasteiger partial charge on any atom is 0.573 e. The highest BCUT2D eigenvalue weighted by Crippen LogP contribution is 2.42. The average Bonchev–Trinajstić information content (AvgIpc) is 3.11. The molecule has 1 aliphatic carbocycles. The molecule has 0 bridgehead atoms. The minimum Gasteiger partial charge on any atom is -0.406 e. The Morgan fingerprint density at radius 1 is 1.19 bits per heavy atom. The summed E-state index contributed by atoms with van der Waals surface area (Å²) in [7, 11) is 1.77. The first-order valence-corrected chi connectivity index (χ1v) is 11.7. The number of halogens is 3. The Morgan fingerprint density at radius 2 is 1.95 bits per heavy atom. The van der Waals surface area contributed by atoms with E-state index >= 15 is 0 Å². The molecule has 2 aromatic rings. The Bertz CT molecular complexity index is 1330. The molecule has 0 spiro atoms. The zero-order chi connectivity index (χ0) is 26.5. The van der Waals surface area contributed by atoms with Gasteiger partial charge in [0.1, 0.15) is 11.4 Å². The van der Waals surface area contributed by atoms with Crippen LogP contribution < -0.4 is 26.2 Å². The lowest BCUT2D eigenvalue weighted by Crippen LogP contribution is -2.46. The van der Waals surface area contributed by atoms with E-state index in [2.05, 4.69) is 26.2 Å². The summed E-state index contributed by atoms with van der Waals surface area (Å²) in [6.07, 6.45) is -0.574. The lowest BCUT2D eigenvalue weighted by atomic mass is 10.0. The smallest absolute Gasteiger partial charge is 0.406 e. The van der Waals surface area contributed by atoms with Gasteiger partial charge in [0.15, 0.2) is 0 Å². The molecule has 13 heteroatoms. The molecule has 1 aromatic carbocycles. The average molecular weight is 518 g/mol. The summed E-state index contributed by atoms with van der Waals surface area (Å²) in [5, 5.41) is 7.06. The Balaban J connectivity index is 1.37. The number of benzene rings is 1. The van der Waals surface area contributed by atoms with Crippen LogP contribution in [0.15, 0.2) is 36.2 Å². The number of ether oxygens (including phenoxy) is 1. The van der Waals surface area contributed by atoms with Crippen LogP contribution in [0.5, 0.6) is 5.75 Å².